The Morgan fingerprint density at radius 1 is 0.909 bits per heavy atom. The van der Waals surface area contributed by atoms with Crippen LogP contribution in [0.5, 0.6) is 0 Å². The van der Waals surface area contributed by atoms with Gasteiger partial charge in [0.05, 0.1) is 6.61 Å². The van der Waals surface area contributed by atoms with Gasteiger partial charge in [0, 0.05) is 0 Å². The van der Waals surface area contributed by atoms with Crippen LogP contribution in [-0.2, 0) is 18.9 Å². The molecule has 22 heavy (non-hydrogen) atoms. The zero-order valence-corrected chi connectivity index (χ0v) is 13.6. The van der Waals surface area contributed by atoms with Gasteiger partial charge in [0.1, 0.15) is 6.61 Å². The van der Waals surface area contributed by atoms with Crippen molar-refractivity contribution in [3.05, 3.63) is 30.3 Å². The predicted molar refractivity (Wildman–Crippen MR) is 70.9 cm³/mol. The van der Waals surface area contributed by atoms with Crippen molar-refractivity contribution in [2.45, 2.75) is 38.0 Å². The van der Waals surface area contributed by atoms with Crippen molar-refractivity contribution in [3.8, 4) is 0 Å². The van der Waals surface area contributed by atoms with Gasteiger partial charge in [-0.15, -0.1) is 30.3 Å². The fraction of sp³-hybridized carbons (Fsp3) is 1.00. The van der Waals surface area contributed by atoms with Crippen LogP contribution in [-0.4, -0.2) is 50.4 Å². The summed E-state index contributed by atoms with van der Waals surface area (Å²) < 4.78 is 5.31. The van der Waals surface area contributed by atoms with Crippen LogP contribution in [0.1, 0.15) is 20.8 Å². The smallest absolute Gasteiger partial charge is 0.294 e. The first-order chi connectivity index (χ1) is 10.0. The highest BCUT2D eigenvalue weighted by Gasteiger charge is 2.30. The van der Waals surface area contributed by atoms with Gasteiger partial charge in [0.15, 0.2) is 22.0 Å². The second-order valence-electron chi connectivity index (χ2n) is 5.33. The molecule has 0 rings (SSSR count). The van der Waals surface area contributed by atoms with Gasteiger partial charge in [-0.1, -0.05) is 20.8 Å². The third-order valence-corrected chi connectivity index (χ3v) is 3.32. The molecular formula is C8H17N3O10Si. The molecule has 128 valence electrons. The minimum atomic E-state index is -1.68. The van der Waals surface area contributed by atoms with Crippen LogP contribution in [0.25, 0.3) is 0 Å². The molecule has 0 aromatic heterocycles. The molecule has 0 radical (unpaired) electrons. The Hall–Kier alpha value is -2.22. The molecule has 0 bridgehead atoms. The maximum atomic E-state index is 10.4. The van der Waals surface area contributed by atoms with Gasteiger partial charge in [0.25, 0.3) is 15.3 Å². The van der Waals surface area contributed by atoms with Gasteiger partial charge in [-0.2, -0.15) is 0 Å². The van der Waals surface area contributed by atoms with Crippen LogP contribution >= 0.6 is 0 Å². The Labute approximate surface area is 126 Å². The first-order valence-electron chi connectivity index (χ1n) is 5.98. The van der Waals surface area contributed by atoms with Crippen molar-refractivity contribution in [2.24, 2.45) is 0 Å². The molecule has 0 aliphatic rings. The van der Waals surface area contributed by atoms with Crippen LogP contribution < -0.4 is 0 Å². The normalized spacial score (nSPS) is 14.3. The molecular weight excluding hydrogens is 326 g/mol. The highest BCUT2D eigenvalue weighted by atomic mass is 28.2. The molecule has 0 amide bonds. The molecule has 0 heterocycles. The van der Waals surface area contributed by atoms with Crippen molar-refractivity contribution in [1.29, 1.82) is 0 Å². The fourth-order valence-electron chi connectivity index (χ4n) is 1.25. The van der Waals surface area contributed by atoms with Crippen molar-refractivity contribution >= 4 is 9.76 Å². The summed E-state index contributed by atoms with van der Waals surface area (Å²) in [5, 5.41) is 27.2. The number of hydrogen-bond donors (Lipinski definition) is 0. The molecule has 0 unspecified atom stereocenters. The van der Waals surface area contributed by atoms with Gasteiger partial charge in [-0.25, -0.2) is 0 Å². The number of nitrogens with zero attached hydrogens (tertiary/aromatic N) is 3. The van der Waals surface area contributed by atoms with Crippen LogP contribution in [0, 0.1) is 30.3 Å². The highest BCUT2D eigenvalue weighted by Crippen LogP contribution is 2.20. The maximum Gasteiger partial charge on any atom is 0.294 e. The molecule has 2 atom stereocenters. The summed E-state index contributed by atoms with van der Waals surface area (Å²) in [6, 6.07) is 0. The van der Waals surface area contributed by atoms with E-state index in [0.29, 0.717) is 0 Å². The SMILES string of the molecule is CC(C)(C)[SiH2]OC[C@H](O[N+](=O)[O-])[C@H](CO[N+](=O)[O-])O[N+](=O)[O-]. The Morgan fingerprint density at radius 3 is 1.73 bits per heavy atom. The first kappa shape index (κ1) is 19.8. The Balaban J connectivity index is 4.82. The fourth-order valence-corrected chi connectivity index (χ4v) is 2.21. The molecule has 13 nitrogen and oxygen atoms in total. The van der Waals surface area contributed by atoms with Gasteiger partial charge < -0.3 is 18.9 Å². The molecule has 0 aliphatic carbocycles. The van der Waals surface area contributed by atoms with E-state index in [0.717, 1.165) is 0 Å². The number of hydrogen-bond acceptors (Lipinski definition) is 10. The van der Waals surface area contributed by atoms with Crippen molar-refractivity contribution in [1.82, 2.24) is 0 Å². The molecule has 0 saturated carbocycles. The van der Waals surface area contributed by atoms with Gasteiger partial charge in [-0.3, -0.25) is 0 Å². The van der Waals surface area contributed by atoms with E-state index in [2.05, 4.69) is 14.5 Å². The van der Waals surface area contributed by atoms with E-state index < -0.39 is 43.8 Å². The standard InChI is InChI=1S/C8H17N3O10Si/c1-8(2,3)22-19-5-7(21-11(16)17)6(20-10(14)15)4-18-9(12)13/h6-7H,4-5,22H2,1-3H3/t6-,7-/m0/s1. The lowest BCUT2D eigenvalue weighted by Gasteiger charge is -2.24. The van der Waals surface area contributed by atoms with Crippen molar-refractivity contribution < 1.29 is 34.2 Å². The average molecular weight is 343 g/mol. The summed E-state index contributed by atoms with van der Waals surface area (Å²) >= 11 is 0. The quantitative estimate of drug-likeness (QED) is 0.275. The van der Waals surface area contributed by atoms with Crippen LogP contribution in [0.3, 0.4) is 0 Å². The van der Waals surface area contributed by atoms with E-state index in [4.69, 9.17) is 4.43 Å². The minimum Gasteiger partial charge on any atom is -0.421 e. The van der Waals surface area contributed by atoms with E-state index in [-0.39, 0.29) is 11.6 Å². The van der Waals surface area contributed by atoms with Gasteiger partial charge in [0.2, 0.25) is 0 Å². The summed E-state index contributed by atoms with van der Waals surface area (Å²) in [4.78, 5) is 43.3. The van der Waals surface area contributed by atoms with Crippen LogP contribution in [0.2, 0.25) is 5.04 Å². The van der Waals surface area contributed by atoms with Crippen LogP contribution in [0.15, 0.2) is 0 Å². The summed E-state index contributed by atoms with van der Waals surface area (Å²) in [5.41, 5.74) is 0. The lowest BCUT2D eigenvalue weighted by atomic mass is 10.2. The lowest BCUT2D eigenvalue weighted by molar-refractivity contribution is -0.810. The van der Waals surface area contributed by atoms with E-state index in [1.54, 1.807) is 0 Å². The molecule has 0 aromatic rings. The molecule has 0 N–H and O–H groups in total. The Morgan fingerprint density at radius 2 is 1.36 bits per heavy atom. The average Bonchev–Trinajstić information content (AvgIpc) is 2.30. The Kier molecular flexibility index (Phi) is 8.03. The predicted octanol–water partition coefficient (Wildman–Crippen LogP) is -0.333. The third-order valence-electron chi connectivity index (χ3n) is 2.02. The summed E-state index contributed by atoms with van der Waals surface area (Å²) in [5.74, 6) is 0. The molecule has 14 heteroatoms. The topological polar surface area (TPSA) is 166 Å². The molecule has 0 fully saturated rings. The summed E-state index contributed by atoms with van der Waals surface area (Å²) in [7, 11) is -1.12. The molecule has 0 aromatic carbocycles. The van der Waals surface area contributed by atoms with Crippen LogP contribution in [0.4, 0.5) is 0 Å². The molecule has 0 aliphatic heterocycles. The number of rotatable bonds is 11. The third kappa shape index (κ3) is 10.6. The largest absolute Gasteiger partial charge is 0.421 e. The van der Waals surface area contributed by atoms with Gasteiger partial charge in [-0.05, 0) is 5.04 Å². The first-order valence-corrected chi connectivity index (χ1v) is 7.27. The van der Waals surface area contributed by atoms with Crippen molar-refractivity contribution in [3.63, 3.8) is 0 Å². The van der Waals surface area contributed by atoms with E-state index in [1.165, 1.54) is 0 Å². The molecule has 0 saturated heterocycles. The second kappa shape index (κ2) is 8.93. The second-order valence-corrected chi connectivity index (χ2v) is 8.15. The summed E-state index contributed by atoms with van der Waals surface area (Å²) in [6.07, 6.45) is -3.21. The van der Waals surface area contributed by atoms with E-state index in [9.17, 15) is 30.3 Å². The Bertz CT molecular complexity index is 400. The minimum absolute atomic E-state index is 0.129. The highest BCUT2D eigenvalue weighted by molar-refractivity contribution is 6.31. The monoisotopic (exact) mass is 343 g/mol. The molecule has 0 spiro atoms. The van der Waals surface area contributed by atoms with E-state index in [1.807, 2.05) is 20.8 Å². The lowest BCUT2D eigenvalue weighted by Crippen LogP contribution is -2.42. The van der Waals surface area contributed by atoms with Crippen molar-refractivity contribution in [2.75, 3.05) is 13.2 Å². The zero-order valence-electron chi connectivity index (χ0n) is 12.2. The summed E-state index contributed by atoms with van der Waals surface area (Å²) in [6.45, 7) is 4.38. The van der Waals surface area contributed by atoms with Gasteiger partial charge >= 0.3 is 0 Å². The van der Waals surface area contributed by atoms with E-state index >= 15 is 0 Å². The maximum absolute atomic E-state index is 10.4. The zero-order chi connectivity index (χ0) is 17.3.